The number of rotatable bonds is 0. The number of hydrogen-bond donors (Lipinski definition) is 1. The molecule has 0 unspecified atom stereocenters. The zero-order valence-electron chi connectivity index (χ0n) is 2.96. The van der Waals surface area contributed by atoms with Crippen molar-refractivity contribution in [3.05, 3.63) is 0 Å². The van der Waals surface area contributed by atoms with Gasteiger partial charge in [-0.1, -0.05) is 0 Å². The Kier molecular flexibility index (Phi) is 124. The van der Waals surface area contributed by atoms with Crippen molar-refractivity contribution in [1.29, 1.82) is 0 Å². The van der Waals surface area contributed by atoms with Crippen molar-refractivity contribution in [3.8, 4) is 0 Å². The summed E-state index contributed by atoms with van der Waals surface area (Å²) in [5.41, 5.74) is 3.25. The Morgan fingerprint density at radius 3 is 1.40 bits per heavy atom. The Balaban J connectivity index is -0.0000000133. The van der Waals surface area contributed by atoms with Gasteiger partial charge in [0.05, 0.1) is 7.05 Å². The number of quaternary nitrogens is 1. The van der Waals surface area contributed by atoms with Crippen LogP contribution in [0.3, 0.4) is 0 Å². The van der Waals surface area contributed by atoms with Gasteiger partial charge in [-0.15, -0.1) is 0 Å². The summed E-state index contributed by atoms with van der Waals surface area (Å²) in [4.78, 5) is 0. The Morgan fingerprint density at radius 2 is 1.40 bits per heavy atom. The maximum absolute atomic E-state index is 4.78. The van der Waals surface area contributed by atoms with Crippen LogP contribution in [0.4, 0.5) is 0 Å². The maximum atomic E-state index is 4.78. The van der Waals surface area contributed by atoms with Crippen LogP contribution in [0, 0.1) is 0 Å². The van der Waals surface area contributed by atoms with E-state index in [1.165, 1.54) is 0 Å². The SMILES string of the molecule is C[NH3+].[Cl][Pb].[I-]. The fraction of sp³-hybridized carbons (Fsp3) is 1.00. The predicted molar refractivity (Wildman–Crippen MR) is 20.4 cm³/mol. The van der Waals surface area contributed by atoms with Gasteiger partial charge in [0, 0.05) is 0 Å². The van der Waals surface area contributed by atoms with Gasteiger partial charge >= 0.3 is 32.9 Å². The molecular formula is CH6ClINPb. The molecule has 0 amide bonds. The molecule has 4 heteroatoms. The molecule has 0 aromatic carbocycles. The third kappa shape index (κ3) is 24.8. The molecule has 0 rings (SSSR count). The molecular weight excluding hydrogens is 396 g/mol. The van der Waals surface area contributed by atoms with Gasteiger partial charge < -0.3 is 29.7 Å². The van der Waals surface area contributed by atoms with E-state index >= 15 is 0 Å². The van der Waals surface area contributed by atoms with Crippen molar-refractivity contribution in [3.63, 3.8) is 0 Å². The largest absolute Gasteiger partial charge is 1.00 e. The van der Waals surface area contributed by atoms with Crippen molar-refractivity contribution in [2.45, 2.75) is 0 Å². The van der Waals surface area contributed by atoms with E-state index in [9.17, 15) is 0 Å². The summed E-state index contributed by atoms with van der Waals surface area (Å²) in [7, 11) is 6.53. The van der Waals surface area contributed by atoms with E-state index in [1.807, 2.05) is 0 Å². The number of hydrogen-bond acceptors (Lipinski definition) is 0. The third-order valence-corrected chi connectivity index (χ3v) is 0. The van der Waals surface area contributed by atoms with E-state index in [-0.39, 0.29) is 24.0 Å². The van der Waals surface area contributed by atoms with E-state index in [0.717, 1.165) is 24.5 Å². The van der Waals surface area contributed by atoms with Crippen LogP contribution in [0.15, 0.2) is 0 Å². The van der Waals surface area contributed by atoms with Crippen LogP contribution in [-0.4, -0.2) is 31.6 Å². The van der Waals surface area contributed by atoms with Gasteiger partial charge in [0.2, 0.25) is 0 Å². The van der Waals surface area contributed by atoms with Crippen LogP contribution in [0.25, 0.3) is 0 Å². The Bertz CT molecular complexity index is 11.6. The average molecular weight is 402 g/mol. The molecule has 33 valence electrons. The zero-order chi connectivity index (χ0) is 4.00. The number of halogens is 2. The van der Waals surface area contributed by atoms with Crippen LogP contribution in [-0.2, 0) is 0 Å². The molecule has 0 aromatic rings. The minimum Gasteiger partial charge on any atom is -1.00 e. The average Bonchev–Trinajstić information content (AvgIpc) is 1.50. The van der Waals surface area contributed by atoms with E-state index < -0.39 is 0 Å². The Labute approximate surface area is 68.8 Å². The summed E-state index contributed by atoms with van der Waals surface area (Å²) in [5.74, 6) is 0. The quantitative estimate of drug-likeness (QED) is 0.318. The summed E-state index contributed by atoms with van der Waals surface area (Å²) in [6.45, 7) is 0. The fourth-order valence-corrected chi connectivity index (χ4v) is 0. The van der Waals surface area contributed by atoms with Crippen LogP contribution >= 0.6 is 8.32 Å². The summed E-state index contributed by atoms with van der Waals surface area (Å²) < 4.78 is 0. The van der Waals surface area contributed by atoms with Crippen molar-refractivity contribution < 1.29 is 29.7 Å². The summed E-state index contributed by atoms with van der Waals surface area (Å²) in [6.07, 6.45) is 0. The molecule has 3 N–H and O–H groups in total. The molecule has 0 saturated carbocycles. The first-order valence-electron chi connectivity index (χ1n) is 0.896. The maximum Gasteiger partial charge on any atom is -1.00 e. The van der Waals surface area contributed by atoms with Gasteiger partial charge in [0.1, 0.15) is 0 Å². The van der Waals surface area contributed by atoms with E-state index in [4.69, 9.17) is 8.32 Å². The van der Waals surface area contributed by atoms with E-state index in [2.05, 4.69) is 5.73 Å². The van der Waals surface area contributed by atoms with Gasteiger partial charge in [-0.2, -0.15) is 0 Å². The molecule has 0 heterocycles. The van der Waals surface area contributed by atoms with Crippen molar-refractivity contribution in [2.75, 3.05) is 7.05 Å². The summed E-state index contributed by atoms with van der Waals surface area (Å²) >= 11 is 0.778. The van der Waals surface area contributed by atoms with Gasteiger partial charge in [0.25, 0.3) is 0 Å². The van der Waals surface area contributed by atoms with Crippen molar-refractivity contribution >= 4 is 32.9 Å². The van der Waals surface area contributed by atoms with Gasteiger partial charge in [-0.05, 0) is 0 Å². The summed E-state index contributed by atoms with van der Waals surface area (Å²) in [6, 6.07) is 0. The minimum atomic E-state index is 0. The molecule has 0 fully saturated rings. The first-order chi connectivity index (χ1) is 2.00. The summed E-state index contributed by atoms with van der Waals surface area (Å²) in [5, 5.41) is 0. The molecule has 0 spiro atoms. The standard InChI is InChI=1S/CH5N.ClH.HI.Pb/c1-2;;;/h2H2,1H3;2*1H;/q;;;+1/p-1. The van der Waals surface area contributed by atoms with Gasteiger partial charge in [-0.25, -0.2) is 0 Å². The zero-order valence-corrected chi connectivity index (χ0v) is 9.76. The van der Waals surface area contributed by atoms with Crippen molar-refractivity contribution in [1.82, 2.24) is 0 Å². The van der Waals surface area contributed by atoms with Gasteiger partial charge in [-0.3, -0.25) is 0 Å². The first kappa shape index (κ1) is 15.8. The second-order valence-corrected chi connectivity index (χ2v) is 0. The second-order valence-electron chi connectivity index (χ2n) is 0. The predicted octanol–water partition coefficient (Wildman–Crippen LogP) is -3.83. The monoisotopic (exact) mass is 402 g/mol. The van der Waals surface area contributed by atoms with E-state index in [1.54, 1.807) is 7.05 Å². The fourth-order valence-electron chi connectivity index (χ4n) is 0. The smallest absolute Gasteiger partial charge is 1.00 e. The third-order valence-electron chi connectivity index (χ3n) is 0. The van der Waals surface area contributed by atoms with E-state index in [0.29, 0.717) is 0 Å². The molecule has 0 bridgehead atoms. The first-order valence-corrected chi connectivity index (χ1v) is 5.68. The Morgan fingerprint density at radius 1 is 1.40 bits per heavy atom. The van der Waals surface area contributed by atoms with Crippen LogP contribution in [0.1, 0.15) is 0 Å². The molecule has 0 aliphatic carbocycles. The molecule has 5 heavy (non-hydrogen) atoms. The normalized spacial score (nSPS) is 2.40. The molecule has 3 radical (unpaired) electrons. The molecule has 0 aliphatic rings. The van der Waals surface area contributed by atoms with Crippen LogP contribution in [0.2, 0.25) is 0 Å². The molecule has 0 aliphatic heterocycles. The topological polar surface area (TPSA) is 27.6 Å². The molecule has 1 nitrogen and oxygen atoms in total. The molecule has 0 saturated heterocycles. The molecule has 0 aromatic heterocycles. The van der Waals surface area contributed by atoms with Crippen molar-refractivity contribution in [2.24, 2.45) is 0 Å². The van der Waals surface area contributed by atoms with Crippen LogP contribution in [0.5, 0.6) is 0 Å². The second kappa shape index (κ2) is 39.2. The van der Waals surface area contributed by atoms with Crippen LogP contribution < -0.4 is 29.7 Å². The Hall–Kier alpha value is 1.90. The minimum absolute atomic E-state index is 0. The van der Waals surface area contributed by atoms with Gasteiger partial charge in [0.15, 0.2) is 0 Å². The molecule has 0 atom stereocenters.